The summed E-state index contributed by atoms with van der Waals surface area (Å²) in [6.07, 6.45) is 3.97. The van der Waals surface area contributed by atoms with E-state index in [1.165, 1.54) is 5.56 Å². The highest BCUT2D eigenvalue weighted by molar-refractivity contribution is 5.27. The number of hydrogen-bond acceptors (Lipinski definition) is 1. The first-order chi connectivity index (χ1) is 7.86. The van der Waals surface area contributed by atoms with Gasteiger partial charge in [-0.15, -0.1) is 11.8 Å². The van der Waals surface area contributed by atoms with Crippen LogP contribution in [0, 0.1) is 11.8 Å². The van der Waals surface area contributed by atoms with Gasteiger partial charge in [-0.05, 0) is 30.5 Å². The molecule has 1 rings (SSSR count). The molecule has 0 aliphatic rings. The SMILES string of the molecule is CCC#CCCc1ccc(OCCC)cc1. The first-order valence-electron chi connectivity index (χ1n) is 6.04. The van der Waals surface area contributed by atoms with Crippen LogP contribution in [0.15, 0.2) is 24.3 Å². The van der Waals surface area contributed by atoms with E-state index >= 15 is 0 Å². The third kappa shape index (κ3) is 4.89. The average Bonchev–Trinajstić information content (AvgIpc) is 2.33. The molecule has 0 aromatic heterocycles. The second kappa shape index (κ2) is 7.82. The van der Waals surface area contributed by atoms with Crippen molar-refractivity contribution in [1.29, 1.82) is 0 Å². The lowest BCUT2D eigenvalue weighted by Gasteiger charge is -2.04. The number of hydrogen-bond donors (Lipinski definition) is 0. The maximum absolute atomic E-state index is 5.53. The fourth-order valence-corrected chi connectivity index (χ4v) is 1.39. The lowest BCUT2D eigenvalue weighted by Crippen LogP contribution is -1.94. The summed E-state index contributed by atoms with van der Waals surface area (Å²) in [6, 6.07) is 8.33. The summed E-state index contributed by atoms with van der Waals surface area (Å²) in [5.41, 5.74) is 1.33. The highest BCUT2D eigenvalue weighted by atomic mass is 16.5. The molecule has 1 nitrogen and oxygen atoms in total. The van der Waals surface area contributed by atoms with Gasteiger partial charge in [-0.2, -0.15) is 0 Å². The molecule has 1 aromatic carbocycles. The molecule has 0 N–H and O–H groups in total. The lowest BCUT2D eigenvalue weighted by atomic mass is 10.1. The summed E-state index contributed by atoms with van der Waals surface area (Å²) in [6.45, 7) is 4.98. The molecule has 1 heteroatoms. The van der Waals surface area contributed by atoms with Crippen molar-refractivity contribution < 1.29 is 4.74 Å². The largest absolute Gasteiger partial charge is 0.494 e. The number of rotatable bonds is 5. The van der Waals surface area contributed by atoms with Crippen molar-refractivity contribution in [3.05, 3.63) is 29.8 Å². The molecule has 0 radical (unpaired) electrons. The molecule has 0 fully saturated rings. The summed E-state index contributed by atoms with van der Waals surface area (Å²) in [5, 5.41) is 0. The zero-order valence-corrected chi connectivity index (χ0v) is 10.3. The molecule has 0 unspecified atom stereocenters. The Balaban J connectivity index is 2.38. The van der Waals surface area contributed by atoms with E-state index in [2.05, 4.69) is 37.8 Å². The summed E-state index contributed by atoms with van der Waals surface area (Å²) >= 11 is 0. The first-order valence-corrected chi connectivity index (χ1v) is 6.04. The van der Waals surface area contributed by atoms with Crippen LogP contribution < -0.4 is 4.74 Å². The molecule has 0 bridgehead atoms. The molecule has 0 spiro atoms. The molecule has 0 aliphatic heterocycles. The monoisotopic (exact) mass is 216 g/mol. The Morgan fingerprint density at radius 2 is 1.81 bits per heavy atom. The van der Waals surface area contributed by atoms with Crippen LogP contribution in [-0.4, -0.2) is 6.61 Å². The summed E-state index contributed by atoms with van der Waals surface area (Å²) in [5.74, 6) is 7.20. The Kier molecular flexibility index (Phi) is 6.18. The van der Waals surface area contributed by atoms with Gasteiger partial charge in [0.15, 0.2) is 0 Å². The molecule has 16 heavy (non-hydrogen) atoms. The van der Waals surface area contributed by atoms with Crippen molar-refractivity contribution in [2.24, 2.45) is 0 Å². The maximum atomic E-state index is 5.53. The quantitative estimate of drug-likeness (QED) is 0.680. The predicted octanol–water partition coefficient (Wildman–Crippen LogP) is 3.82. The van der Waals surface area contributed by atoms with E-state index in [0.717, 1.165) is 38.0 Å². The molecular weight excluding hydrogens is 196 g/mol. The van der Waals surface area contributed by atoms with Crippen molar-refractivity contribution >= 4 is 0 Å². The molecule has 0 amide bonds. The van der Waals surface area contributed by atoms with Gasteiger partial charge in [0.05, 0.1) is 6.61 Å². The fraction of sp³-hybridized carbons (Fsp3) is 0.467. The van der Waals surface area contributed by atoms with Gasteiger partial charge >= 0.3 is 0 Å². The Labute approximate surface area is 98.8 Å². The second-order valence-corrected chi connectivity index (χ2v) is 3.70. The summed E-state index contributed by atoms with van der Waals surface area (Å²) < 4.78 is 5.53. The Morgan fingerprint density at radius 1 is 1.06 bits per heavy atom. The standard InChI is InChI=1S/C15H20O/c1-3-5-6-7-8-14-9-11-15(12-10-14)16-13-4-2/h9-12H,3-4,7-8,13H2,1-2H3. The van der Waals surface area contributed by atoms with Crippen LogP contribution in [0.1, 0.15) is 38.7 Å². The van der Waals surface area contributed by atoms with Gasteiger partial charge < -0.3 is 4.74 Å². The second-order valence-electron chi connectivity index (χ2n) is 3.70. The molecule has 0 aliphatic carbocycles. The molecule has 1 aromatic rings. The van der Waals surface area contributed by atoms with Crippen LogP contribution >= 0.6 is 0 Å². The first kappa shape index (κ1) is 12.6. The van der Waals surface area contributed by atoms with Crippen LogP contribution in [0.25, 0.3) is 0 Å². The highest BCUT2D eigenvalue weighted by Crippen LogP contribution is 2.13. The van der Waals surface area contributed by atoms with Crippen LogP contribution in [0.2, 0.25) is 0 Å². The van der Waals surface area contributed by atoms with E-state index < -0.39 is 0 Å². The van der Waals surface area contributed by atoms with Crippen LogP contribution in [0.3, 0.4) is 0 Å². The van der Waals surface area contributed by atoms with Crippen LogP contribution in [-0.2, 0) is 6.42 Å². The van der Waals surface area contributed by atoms with Gasteiger partial charge in [-0.1, -0.05) is 26.0 Å². The van der Waals surface area contributed by atoms with Crippen LogP contribution in [0.4, 0.5) is 0 Å². The topological polar surface area (TPSA) is 9.23 Å². The minimum atomic E-state index is 0.793. The van der Waals surface area contributed by atoms with Gasteiger partial charge in [0, 0.05) is 12.8 Å². The van der Waals surface area contributed by atoms with E-state index in [1.807, 2.05) is 12.1 Å². The Morgan fingerprint density at radius 3 is 2.44 bits per heavy atom. The third-order valence-electron chi connectivity index (χ3n) is 2.24. The Hall–Kier alpha value is -1.42. The normalized spacial score (nSPS) is 9.38. The number of benzene rings is 1. The van der Waals surface area contributed by atoms with Gasteiger partial charge in [0.1, 0.15) is 5.75 Å². The number of ether oxygens (including phenoxy) is 1. The van der Waals surface area contributed by atoms with Crippen molar-refractivity contribution in [1.82, 2.24) is 0 Å². The maximum Gasteiger partial charge on any atom is 0.119 e. The third-order valence-corrected chi connectivity index (χ3v) is 2.24. The molecule has 0 saturated heterocycles. The zero-order chi connectivity index (χ0) is 11.6. The summed E-state index contributed by atoms with van der Waals surface area (Å²) in [4.78, 5) is 0. The number of aryl methyl sites for hydroxylation is 1. The summed E-state index contributed by atoms with van der Waals surface area (Å²) in [7, 11) is 0. The van der Waals surface area contributed by atoms with E-state index in [4.69, 9.17) is 4.74 Å². The fourth-order valence-electron chi connectivity index (χ4n) is 1.39. The lowest BCUT2D eigenvalue weighted by molar-refractivity contribution is 0.317. The highest BCUT2D eigenvalue weighted by Gasteiger charge is 1.94. The van der Waals surface area contributed by atoms with E-state index in [-0.39, 0.29) is 0 Å². The van der Waals surface area contributed by atoms with E-state index in [9.17, 15) is 0 Å². The van der Waals surface area contributed by atoms with Crippen LogP contribution in [0.5, 0.6) is 5.75 Å². The Bertz CT molecular complexity index is 340. The predicted molar refractivity (Wildman–Crippen MR) is 68.6 cm³/mol. The molecular formula is C15H20O. The van der Waals surface area contributed by atoms with Crippen molar-refractivity contribution in [3.8, 4) is 17.6 Å². The molecule has 86 valence electrons. The van der Waals surface area contributed by atoms with Gasteiger partial charge in [0.25, 0.3) is 0 Å². The average molecular weight is 216 g/mol. The van der Waals surface area contributed by atoms with Crippen molar-refractivity contribution in [3.63, 3.8) is 0 Å². The smallest absolute Gasteiger partial charge is 0.119 e. The van der Waals surface area contributed by atoms with E-state index in [1.54, 1.807) is 0 Å². The van der Waals surface area contributed by atoms with Crippen molar-refractivity contribution in [2.75, 3.05) is 6.61 Å². The molecule has 0 heterocycles. The molecule has 0 saturated carbocycles. The van der Waals surface area contributed by atoms with Gasteiger partial charge in [-0.25, -0.2) is 0 Å². The van der Waals surface area contributed by atoms with Gasteiger partial charge in [-0.3, -0.25) is 0 Å². The minimum Gasteiger partial charge on any atom is -0.494 e. The molecule has 0 atom stereocenters. The minimum absolute atomic E-state index is 0.793. The van der Waals surface area contributed by atoms with E-state index in [0.29, 0.717) is 0 Å². The zero-order valence-electron chi connectivity index (χ0n) is 10.3. The van der Waals surface area contributed by atoms with Crippen molar-refractivity contribution in [2.45, 2.75) is 39.5 Å². The van der Waals surface area contributed by atoms with Gasteiger partial charge in [0.2, 0.25) is 0 Å².